The first-order valence-electron chi connectivity index (χ1n) is 6.99. The van der Waals surface area contributed by atoms with E-state index in [1.807, 2.05) is 0 Å². The number of rotatable bonds is 8. The van der Waals surface area contributed by atoms with Crippen LogP contribution in [0, 0.1) is 0 Å². The predicted molar refractivity (Wildman–Crippen MR) is 83.1 cm³/mol. The molecule has 0 heterocycles. The number of esters is 1. The van der Waals surface area contributed by atoms with Crippen molar-refractivity contribution in [1.82, 2.24) is 4.90 Å². The molecule has 3 N–H and O–H groups in total. The summed E-state index contributed by atoms with van der Waals surface area (Å²) in [5.41, 5.74) is 7.86. The first-order valence-corrected chi connectivity index (χ1v) is 6.99. The number of hydrogen-bond acceptors (Lipinski definition) is 5. The highest BCUT2D eigenvalue weighted by atomic mass is 16.5. The molecule has 0 amide bonds. The van der Waals surface area contributed by atoms with Gasteiger partial charge in [-0.15, -0.1) is 0 Å². The minimum absolute atomic E-state index is 0.317. The molecule has 0 atom stereocenters. The molecule has 112 valence electrons. The molecule has 0 fully saturated rings. The summed E-state index contributed by atoms with van der Waals surface area (Å²) in [4.78, 5) is 13.8. The number of benzene rings is 1. The van der Waals surface area contributed by atoms with E-state index in [0.717, 1.165) is 31.6 Å². The fraction of sp³-hybridized carbons (Fsp3) is 0.533. The third-order valence-electron chi connectivity index (χ3n) is 2.91. The second-order valence-electron chi connectivity index (χ2n) is 4.96. The lowest BCUT2D eigenvalue weighted by Crippen LogP contribution is -2.14. The standard InChI is InChI=1S/C15H25N3O2/c1-4-20-15(19)12-7-8-13(16)14(11-12)17-9-5-6-10-18(2)3/h7-8,11,17H,4-6,9-10,16H2,1-3H3. The van der Waals surface area contributed by atoms with Gasteiger partial charge in [0.2, 0.25) is 0 Å². The molecule has 0 saturated heterocycles. The second kappa shape index (κ2) is 8.43. The monoisotopic (exact) mass is 279 g/mol. The maximum Gasteiger partial charge on any atom is 0.338 e. The minimum atomic E-state index is -0.317. The molecule has 0 unspecified atom stereocenters. The van der Waals surface area contributed by atoms with Crippen LogP contribution in [-0.4, -0.2) is 44.7 Å². The van der Waals surface area contributed by atoms with Crippen LogP contribution in [-0.2, 0) is 4.74 Å². The molecule has 0 spiro atoms. The molecule has 0 aliphatic heterocycles. The number of hydrogen-bond donors (Lipinski definition) is 2. The molecule has 0 aliphatic carbocycles. The summed E-state index contributed by atoms with van der Waals surface area (Å²) in [6, 6.07) is 5.16. The second-order valence-corrected chi connectivity index (χ2v) is 4.96. The Balaban J connectivity index is 2.52. The van der Waals surface area contributed by atoms with Gasteiger partial charge in [-0.05, 0) is 58.6 Å². The first kappa shape index (κ1) is 16.3. The van der Waals surface area contributed by atoms with Crippen molar-refractivity contribution in [2.24, 2.45) is 0 Å². The Morgan fingerprint density at radius 1 is 1.35 bits per heavy atom. The van der Waals surface area contributed by atoms with Crippen molar-refractivity contribution in [2.45, 2.75) is 19.8 Å². The Bertz CT molecular complexity index is 433. The SMILES string of the molecule is CCOC(=O)c1ccc(N)c(NCCCCN(C)C)c1. The van der Waals surface area contributed by atoms with Crippen molar-refractivity contribution in [3.05, 3.63) is 23.8 Å². The number of carbonyl (C=O) groups is 1. The van der Waals surface area contributed by atoms with E-state index in [-0.39, 0.29) is 5.97 Å². The zero-order chi connectivity index (χ0) is 15.0. The predicted octanol–water partition coefficient (Wildman–Crippen LogP) is 2.20. The van der Waals surface area contributed by atoms with Crippen molar-refractivity contribution in [1.29, 1.82) is 0 Å². The molecule has 1 rings (SSSR count). The lowest BCUT2D eigenvalue weighted by atomic mass is 10.1. The van der Waals surface area contributed by atoms with E-state index in [1.165, 1.54) is 0 Å². The summed E-state index contributed by atoms with van der Waals surface area (Å²) in [6.45, 7) is 4.07. The largest absolute Gasteiger partial charge is 0.462 e. The average Bonchev–Trinajstić information content (AvgIpc) is 2.40. The molecule has 20 heavy (non-hydrogen) atoms. The number of nitrogens with zero attached hydrogens (tertiary/aromatic N) is 1. The molecule has 0 radical (unpaired) electrons. The number of nitrogen functional groups attached to an aromatic ring is 1. The Hall–Kier alpha value is -1.75. The van der Waals surface area contributed by atoms with Gasteiger partial charge in [0, 0.05) is 6.54 Å². The molecule has 0 aromatic heterocycles. The van der Waals surface area contributed by atoms with Crippen molar-refractivity contribution in [3.63, 3.8) is 0 Å². The van der Waals surface area contributed by atoms with Crippen LogP contribution >= 0.6 is 0 Å². The van der Waals surface area contributed by atoms with Gasteiger partial charge in [-0.1, -0.05) is 0 Å². The fourth-order valence-electron chi connectivity index (χ4n) is 1.83. The van der Waals surface area contributed by atoms with Crippen LogP contribution in [0.3, 0.4) is 0 Å². The van der Waals surface area contributed by atoms with Crippen LogP contribution in [0.15, 0.2) is 18.2 Å². The van der Waals surface area contributed by atoms with Crippen molar-refractivity contribution in [3.8, 4) is 0 Å². The highest BCUT2D eigenvalue weighted by Gasteiger charge is 2.08. The van der Waals surface area contributed by atoms with Gasteiger partial charge in [-0.3, -0.25) is 0 Å². The van der Waals surface area contributed by atoms with E-state index in [9.17, 15) is 4.79 Å². The summed E-state index contributed by atoms with van der Waals surface area (Å²) < 4.78 is 4.98. The molecule has 5 nitrogen and oxygen atoms in total. The lowest BCUT2D eigenvalue weighted by molar-refractivity contribution is 0.0526. The summed E-state index contributed by atoms with van der Waals surface area (Å²) in [5, 5.41) is 3.27. The number of unbranched alkanes of at least 4 members (excludes halogenated alkanes) is 1. The number of nitrogens with two attached hydrogens (primary N) is 1. The van der Waals surface area contributed by atoms with Gasteiger partial charge >= 0.3 is 5.97 Å². The Morgan fingerprint density at radius 3 is 2.75 bits per heavy atom. The molecule has 0 saturated carbocycles. The molecular formula is C15H25N3O2. The highest BCUT2D eigenvalue weighted by molar-refractivity contribution is 5.92. The van der Waals surface area contributed by atoms with Gasteiger partial charge in [-0.2, -0.15) is 0 Å². The highest BCUT2D eigenvalue weighted by Crippen LogP contribution is 2.20. The zero-order valence-corrected chi connectivity index (χ0v) is 12.6. The molecule has 1 aromatic carbocycles. The Morgan fingerprint density at radius 2 is 2.10 bits per heavy atom. The van der Waals surface area contributed by atoms with Crippen LogP contribution in [0.4, 0.5) is 11.4 Å². The molecule has 5 heteroatoms. The van der Waals surface area contributed by atoms with Crippen LogP contribution in [0.2, 0.25) is 0 Å². The number of ether oxygens (including phenoxy) is 1. The molecule has 0 aliphatic rings. The van der Waals surface area contributed by atoms with Crippen molar-refractivity contribution >= 4 is 17.3 Å². The van der Waals surface area contributed by atoms with Gasteiger partial charge in [0.25, 0.3) is 0 Å². The zero-order valence-electron chi connectivity index (χ0n) is 12.6. The fourth-order valence-corrected chi connectivity index (χ4v) is 1.83. The summed E-state index contributed by atoms with van der Waals surface area (Å²) >= 11 is 0. The summed E-state index contributed by atoms with van der Waals surface area (Å²) in [7, 11) is 4.13. The Labute approximate surface area is 121 Å². The van der Waals surface area contributed by atoms with Gasteiger partial charge in [0.1, 0.15) is 0 Å². The molecular weight excluding hydrogens is 254 g/mol. The van der Waals surface area contributed by atoms with Crippen LogP contribution < -0.4 is 11.1 Å². The smallest absolute Gasteiger partial charge is 0.338 e. The van der Waals surface area contributed by atoms with E-state index in [2.05, 4.69) is 24.3 Å². The molecule has 0 bridgehead atoms. The topological polar surface area (TPSA) is 67.6 Å². The first-order chi connectivity index (χ1) is 9.54. The van der Waals surface area contributed by atoms with Crippen LogP contribution in [0.25, 0.3) is 0 Å². The summed E-state index contributed by atoms with van der Waals surface area (Å²) in [5.74, 6) is -0.317. The number of nitrogens with one attached hydrogen (secondary N) is 1. The van der Waals surface area contributed by atoms with Crippen molar-refractivity contribution < 1.29 is 9.53 Å². The summed E-state index contributed by atoms with van der Waals surface area (Å²) in [6.07, 6.45) is 2.18. The quantitative estimate of drug-likeness (QED) is 0.434. The molecule has 1 aromatic rings. The number of anilines is 2. The van der Waals surface area contributed by atoms with Crippen LogP contribution in [0.5, 0.6) is 0 Å². The van der Waals surface area contributed by atoms with Gasteiger partial charge in [0.05, 0.1) is 23.5 Å². The lowest BCUT2D eigenvalue weighted by Gasteiger charge is -2.12. The maximum absolute atomic E-state index is 11.7. The van der Waals surface area contributed by atoms with Crippen LogP contribution in [0.1, 0.15) is 30.1 Å². The number of carbonyl (C=O) groups excluding carboxylic acids is 1. The van der Waals surface area contributed by atoms with Crippen molar-refractivity contribution in [2.75, 3.05) is 44.8 Å². The minimum Gasteiger partial charge on any atom is -0.462 e. The van der Waals surface area contributed by atoms with E-state index < -0.39 is 0 Å². The van der Waals surface area contributed by atoms with E-state index >= 15 is 0 Å². The van der Waals surface area contributed by atoms with E-state index in [4.69, 9.17) is 10.5 Å². The van der Waals surface area contributed by atoms with E-state index in [1.54, 1.807) is 25.1 Å². The normalized spacial score (nSPS) is 10.6. The maximum atomic E-state index is 11.7. The van der Waals surface area contributed by atoms with E-state index in [0.29, 0.717) is 17.9 Å². The third kappa shape index (κ3) is 5.48. The van der Waals surface area contributed by atoms with Gasteiger partial charge in [0.15, 0.2) is 0 Å². The average molecular weight is 279 g/mol. The Kier molecular flexibility index (Phi) is 6.87. The third-order valence-corrected chi connectivity index (χ3v) is 2.91. The van der Waals surface area contributed by atoms with Gasteiger partial charge in [-0.25, -0.2) is 4.79 Å². The van der Waals surface area contributed by atoms with Gasteiger partial charge < -0.3 is 20.7 Å².